The van der Waals surface area contributed by atoms with Crippen molar-refractivity contribution in [3.63, 3.8) is 0 Å². The van der Waals surface area contributed by atoms with Crippen LogP contribution in [0.5, 0.6) is 0 Å². The van der Waals surface area contributed by atoms with Crippen molar-refractivity contribution >= 4 is 23.6 Å². The molecular formula is C22H22O4. The molecule has 0 aliphatic carbocycles. The van der Waals surface area contributed by atoms with Gasteiger partial charge in [-0.3, -0.25) is 0 Å². The summed E-state index contributed by atoms with van der Waals surface area (Å²) in [5.41, 5.74) is 7.39. The zero-order chi connectivity index (χ0) is 18.9. The molecule has 134 valence electrons. The average Bonchev–Trinajstić information content (AvgIpc) is 2.70. The van der Waals surface area contributed by atoms with Crippen LogP contribution in [-0.2, 0) is 9.47 Å². The lowest BCUT2D eigenvalue weighted by Gasteiger charge is -2.05. The maximum absolute atomic E-state index is 11.5. The van der Waals surface area contributed by atoms with Crippen LogP contribution in [0.3, 0.4) is 0 Å². The smallest absolute Gasteiger partial charge is 0.337 e. The molecule has 0 bridgehead atoms. The van der Waals surface area contributed by atoms with Crippen molar-refractivity contribution in [3.05, 3.63) is 76.5 Å². The number of hydrogen-bond donors (Lipinski definition) is 0. The molecule has 2 aromatic rings. The molecule has 0 heterocycles. The molecule has 2 aromatic carbocycles. The van der Waals surface area contributed by atoms with E-state index in [-0.39, 0.29) is 11.9 Å². The van der Waals surface area contributed by atoms with Gasteiger partial charge in [0.25, 0.3) is 0 Å². The van der Waals surface area contributed by atoms with Gasteiger partial charge in [0.15, 0.2) is 0 Å². The van der Waals surface area contributed by atoms with E-state index in [0.29, 0.717) is 11.1 Å². The molecule has 0 spiro atoms. The van der Waals surface area contributed by atoms with Crippen LogP contribution in [0.1, 0.15) is 51.6 Å². The first-order valence-corrected chi connectivity index (χ1v) is 8.41. The number of esters is 2. The Morgan fingerprint density at radius 1 is 0.846 bits per heavy atom. The van der Waals surface area contributed by atoms with Crippen molar-refractivity contribution in [1.29, 1.82) is 0 Å². The van der Waals surface area contributed by atoms with Gasteiger partial charge in [0.05, 0.1) is 25.3 Å². The first kappa shape index (κ1) is 19.2. The maximum Gasteiger partial charge on any atom is 0.337 e. The Kier molecular flexibility index (Phi) is 6.95. The summed E-state index contributed by atoms with van der Waals surface area (Å²) in [4.78, 5) is 23.0. The molecule has 0 radical (unpaired) electrons. The second-order valence-electron chi connectivity index (χ2n) is 5.70. The Hall–Kier alpha value is -3.10. The monoisotopic (exact) mass is 350 g/mol. The lowest BCUT2D eigenvalue weighted by Crippen LogP contribution is -2.00. The van der Waals surface area contributed by atoms with E-state index in [4.69, 9.17) is 9.47 Å². The minimum Gasteiger partial charge on any atom is -0.465 e. The average molecular weight is 350 g/mol. The second-order valence-corrected chi connectivity index (χ2v) is 5.70. The molecule has 0 N–H and O–H groups in total. The molecule has 2 rings (SSSR count). The fourth-order valence-corrected chi connectivity index (χ4v) is 2.48. The zero-order valence-corrected chi connectivity index (χ0v) is 15.2. The third-order valence-electron chi connectivity index (χ3n) is 3.90. The number of methoxy groups -OCH3 is 2. The largest absolute Gasteiger partial charge is 0.465 e. The van der Waals surface area contributed by atoms with E-state index in [1.807, 2.05) is 30.3 Å². The summed E-state index contributed by atoms with van der Waals surface area (Å²) in [6.45, 7) is 2.11. The van der Waals surface area contributed by atoms with Crippen LogP contribution in [0.25, 0.3) is 11.6 Å². The predicted molar refractivity (Wildman–Crippen MR) is 102 cm³/mol. The van der Waals surface area contributed by atoms with Gasteiger partial charge < -0.3 is 9.47 Å². The van der Waals surface area contributed by atoms with Crippen molar-refractivity contribution < 1.29 is 19.1 Å². The SMILES string of the molecule is CCCC(=C=Cc1ccc(C(=O)OC)cc1)c1ccc(C(=O)OC)cc1. The topological polar surface area (TPSA) is 52.6 Å². The number of carbonyl (C=O) groups is 2. The molecule has 0 saturated heterocycles. The van der Waals surface area contributed by atoms with E-state index in [9.17, 15) is 9.59 Å². The quantitative estimate of drug-likeness (QED) is 0.557. The van der Waals surface area contributed by atoms with Crippen molar-refractivity contribution in [2.24, 2.45) is 0 Å². The Morgan fingerprint density at radius 2 is 1.31 bits per heavy atom. The molecule has 0 unspecified atom stereocenters. The molecule has 26 heavy (non-hydrogen) atoms. The third-order valence-corrected chi connectivity index (χ3v) is 3.90. The Bertz CT molecular complexity index is 823. The first-order chi connectivity index (χ1) is 12.6. The number of benzene rings is 2. The van der Waals surface area contributed by atoms with E-state index in [0.717, 1.165) is 29.5 Å². The van der Waals surface area contributed by atoms with E-state index < -0.39 is 0 Å². The van der Waals surface area contributed by atoms with Gasteiger partial charge in [-0.15, -0.1) is 5.73 Å². The van der Waals surface area contributed by atoms with Crippen LogP contribution in [-0.4, -0.2) is 26.2 Å². The number of allylic oxidation sites excluding steroid dienone is 1. The fourth-order valence-electron chi connectivity index (χ4n) is 2.48. The summed E-state index contributed by atoms with van der Waals surface area (Å²) in [6.07, 6.45) is 3.74. The standard InChI is InChI=1S/C22H22O4/c1-4-5-17(18-12-14-20(15-13-18)22(24)26-3)9-6-16-7-10-19(11-8-16)21(23)25-2/h6-8,10-15H,4-5H2,1-3H3. The Labute approximate surface area is 153 Å². The lowest BCUT2D eigenvalue weighted by molar-refractivity contribution is 0.0592. The third kappa shape index (κ3) is 4.95. The fraction of sp³-hybridized carbons (Fsp3) is 0.227. The van der Waals surface area contributed by atoms with Gasteiger partial charge in [-0.05, 0) is 47.9 Å². The summed E-state index contributed by atoms with van der Waals surface area (Å²) >= 11 is 0. The van der Waals surface area contributed by atoms with Crippen LogP contribution in [0.4, 0.5) is 0 Å². The number of hydrogen-bond acceptors (Lipinski definition) is 4. The molecule has 0 fully saturated rings. The molecule has 0 aromatic heterocycles. The predicted octanol–water partition coefficient (Wildman–Crippen LogP) is 4.76. The molecule has 4 heteroatoms. The van der Waals surface area contributed by atoms with Gasteiger partial charge in [-0.25, -0.2) is 9.59 Å². The molecular weight excluding hydrogens is 328 g/mol. The number of rotatable bonds is 6. The summed E-state index contributed by atoms with van der Waals surface area (Å²) < 4.78 is 9.42. The molecule has 0 aliphatic rings. The highest BCUT2D eigenvalue weighted by Gasteiger charge is 2.06. The van der Waals surface area contributed by atoms with E-state index >= 15 is 0 Å². The lowest BCUT2D eigenvalue weighted by atomic mass is 10.0. The van der Waals surface area contributed by atoms with Crippen molar-refractivity contribution in [1.82, 2.24) is 0 Å². The normalized spacial score (nSPS) is 9.81. The van der Waals surface area contributed by atoms with Crippen molar-refractivity contribution in [3.8, 4) is 0 Å². The van der Waals surface area contributed by atoms with E-state index in [2.05, 4.69) is 12.7 Å². The second kappa shape index (κ2) is 9.40. The van der Waals surface area contributed by atoms with Crippen LogP contribution < -0.4 is 0 Å². The Balaban J connectivity index is 2.29. The summed E-state index contributed by atoms with van der Waals surface area (Å²) in [6, 6.07) is 14.5. The van der Waals surface area contributed by atoms with Gasteiger partial charge in [-0.1, -0.05) is 37.6 Å². The van der Waals surface area contributed by atoms with Crippen LogP contribution >= 0.6 is 0 Å². The van der Waals surface area contributed by atoms with Crippen molar-refractivity contribution in [2.75, 3.05) is 14.2 Å². The molecule has 0 atom stereocenters. The highest BCUT2D eigenvalue weighted by atomic mass is 16.5. The minimum atomic E-state index is -0.353. The molecule has 0 aliphatic heterocycles. The summed E-state index contributed by atoms with van der Waals surface area (Å²) in [5.74, 6) is -0.702. The van der Waals surface area contributed by atoms with Crippen molar-refractivity contribution in [2.45, 2.75) is 19.8 Å². The number of carbonyl (C=O) groups excluding carboxylic acids is 2. The summed E-state index contributed by atoms with van der Waals surface area (Å²) in [7, 11) is 2.73. The van der Waals surface area contributed by atoms with Crippen LogP contribution in [0.15, 0.2) is 54.3 Å². The highest BCUT2D eigenvalue weighted by Crippen LogP contribution is 2.20. The van der Waals surface area contributed by atoms with Crippen LogP contribution in [0.2, 0.25) is 0 Å². The maximum atomic E-state index is 11.5. The van der Waals surface area contributed by atoms with Crippen LogP contribution in [0, 0.1) is 0 Å². The highest BCUT2D eigenvalue weighted by molar-refractivity contribution is 5.90. The van der Waals surface area contributed by atoms with Gasteiger partial charge in [0, 0.05) is 5.57 Å². The van der Waals surface area contributed by atoms with Gasteiger partial charge >= 0.3 is 11.9 Å². The molecule has 4 nitrogen and oxygen atoms in total. The zero-order valence-electron chi connectivity index (χ0n) is 15.2. The van der Waals surface area contributed by atoms with E-state index in [1.54, 1.807) is 24.3 Å². The van der Waals surface area contributed by atoms with Gasteiger partial charge in [-0.2, -0.15) is 0 Å². The minimum absolute atomic E-state index is 0.348. The molecule has 0 amide bonds. The molecule has 0 saturated carbocycles. The first-order valence-electron chi connectivity index (χ1n) is 8.41. The summed E-state index contributed by atoms with van der Waals surface area (Å²) in [5, 5.41) is 0. The Morgan fingerprint density at radius 3 is 1.77 bits per heavy atom. The van der Waals surface area contributed by atoms with Gasteiger partial charge in [0.2, 0.25) is 0 Å². The van der Waals surface area contributed by atoms with E-state index in [1.165, 1.54) is 14.2 Å². The van der Waals surface area contributed by atoms with Gasteiger partial charge in [0.1, 0.15) is 0 Å². The number of ether oxygens (including phenoxy) is 2.